The summed E-state index contributed by atoms with van der Waals surface area (Å²) < 4.78 is 7.69. The normalized spacial score (nSPS) is 19.1. The largest absolute Gasteiger partial charge is 0.494 e. The standard InChI is InChI=1S/C23H24ClN3O/c1-28-22-7-3-2-6-21(22)27-23(16-8-10-17(24)11-9-16)19-14-18(15-20(19)25-27)26-12-4-5-13-26/h2-3,6-11,18H,4-5,12-15H2,1H3. The van der Waals surface area contributed by atoms with Crippen molar-refractivity contribution in [3.8, 4) is 22.7 Å². The van der Waals surface area contributed by atoms with Gasteiger partial charge in [-0.05, 0) is 56.6 Å². The SMILES string of the molecule is COc1ccccc1-n1nc2c(c1-c1ccc(Cl)cc1)CC(N1CCCC1)C2. The fraction of sp³-hybridized carbons (Fsp3) is 0.348. The molecule has 5 heteroatoms. The average molecular weight is 394 g/mol. The second kappa shape index (κ2) is 7.26. The van der Waals surface area contributed by atoms with Crippen molar-refractivity contribution in [2.24, 2.45) is 0 Å². The molecule has 1 unspecified atom stereocenters. The Morgan fingerprint density at radius 2 is 1.75 bits per heavy atom. The van der Waals surface area contributed by atoms with Crippen molar-refractivity contribution in [2.75, 3.05) is 20.2 Å². The lowest BCUT2D eigenvalue weighted by molar-refractivity contribution is 0.249. The number of aromatic nitrogens is 2. The van der Waals surface area contributed by atoms with Crippen LogP contribution in [0.15, 0.2) is 48.5 Å². The van der Waals surface area contributed by atoms with Crippen LogP contribution < -0.4 is 4.74 Å². The number of rotatable bonds is 4. The minimum atomic E-state index is 0.582. The fourth-order valence-corrected chi connectivity index (χ4v) is 4.78. The summed E-state index contributed by atoms with van der Waals surface area (Å²) in [6, 6.07) is 16.8. The summed E-state index contributed by atoms with van der Waals surface area (Å²) in [5.74, 6) is 0.829. The van der Waals surface area contributed by atoms with Crippen molar-refractivity contribution < 1.29 is 4.74 Å². The molecule has 1 fully saturated rings. The molecule has 0 N–H and O–H groups in total. The molecule has 0 amide bonds. The summed E-state index contributed by atoms with van der Waals surface area (Å²) >= 11 is 6.15. The lowest BCUT2D eigenvalue weighted by Crippen LogP contribution is -2.33. The quantitative estimate of drug-likeness (QED) is 0.640. The molecule has 4 nitrogen and oxygen atoms in total. The van der Waals surface area contributed by atoms with Crippen LogP contribution in [0.1, 0.15) is 24.1 Å². The first kappa shape index (κ1) is 17.8. The average Bonchev–Trinajstić information content (AvgIpc) is 3.44. The predicted octanol–water partition coefficient (Wildman–Crippen LogP) is 4.76. The summed E-state index contributed by atoms with van der Waals surface area (Å²) in [6.45, 7) is 2.44. The molecule has 2 aliphatic rings. The molecule has 1 saturated heterocycles. The van der Waals surface area contributed by atoms with Crippen LogP contribution >= 0.6 is 11.6 Å². The van der Waals surface area contributed by atoms with E-state index in [1.54, 1.807) is 7.11 Å². The Morgan fingerprint density at radius 1 is 1.00 bits per heavy atom. The van der Waals surface area contributed by atoms with E-state index in [9.17, 15) is 0 Å². The molecular weight excluding hydrogens is 370 g/mol. The van der Waals surface area contributed by atoms with E-state index in [0.29, 0.717) is 6.04 Å². The highest BCUT2D eigenvalue weighted by Crippen LogP contribution is 2.38. The number of benzene rings is 2. The third-order valence-corrected chi connectivity index (χ3v) is 6.28. The van der Waals surface area contributed by atoms with Crippen molar-refractivity contribution in [3.63, 3.8) is 0 Å². The van der Waals surface area contributed by atoms with E-state index in [1.165, 1.54) is 37.2 Å². The molecule has 28 heavy (non-hydrogen) atoms. The third-order valence-electron chi connectivity index (χ3n) is 6.02. The van der Waals surface area contributed by atoms with E-state index in [0.717, 1.165) is 40.6 Å². The lowest BCUT2D eigenvalue weighted by Gasteiger charge is -2.23. The van der Waals surface area contributed by atoms with E-state index in [2.05, 4.69) is 27.8 Å². The van der Waals surface area contributed by atoms with Crippen molar-refractivity contribution in [2.45, 2.75) is 31.7 Å². The Balaban J connectivity index is 1.63. The van der Waals surface area contributed by atoms with Gasteiger partial charge in [-0.25, -0.2) is 4.68 Å². The van der Waals surface area contributed by atoms with Gasteiger partial charge in [0.05, 0.1) is 18.5 Å². The van der Waals surface area contributed by atoms with Crippen LogP contribution in [0.25, 0.3) is 16.9 Å². The number of fused-ring (bicyclic) bond motifs is 1. The molecule has 0 spiro atoms. The molecule has 5 rings (SSSR count). The van der Waals surface area contributed by atoms with Gasteiger partial charge in [0.15, 0.2) is 0 Å². The number of hydrogen-bond acceptors (Lipinski definition) is 3. The summed E-state index contributed by atoms with van der Waals surface area (Å²) in [5.41, 5.74) is 5.86. The van der Waals surface area contributed by atoms with Crippen LogP contribution in [0.4, 0.5) is 0 Å². The highest BCUT2D eigenvalue weighted by molar-refractivity contribution is 6.30. The molecule has 1 atom stereocenters. The topological polar surface area (TPSA) is 30.3 Å². The number of ether oxygens (including phenoxy) is 1. The molecular formula is C23H24ClN3O. The number of halogens is 1. The minimum Gasteiger partial charge on any atom is -0.494 e. The Hall–Kier alpha value is -2.30. The first-order valence-corrected chi connectivity index (χ1v) is 10.4. The van der Waals surface area contributed by atoms with Gasteiger partial charge < -0.3 is 4.74 Å². The molecule has 0 saturated carbocycles. The highest BCUT2D eigenvalue weighted by Gasteiger charge is 2.34. The van der Waals surface area contributed by atoms with Crippen LogP contribution in [-0.4, -0.2) is 40.9 Å². The van der Waals surface area contributed by atoms with E-state index < -0.39 is 0 Å². The van der Waals surface area contributed by atoms with Gasteiger partial charge in [0, 0.05) is 28.6 Å². The van der Waals surface area contributed by atoms with Gasteiger partial charge in [-0.15, -0.1) is 0 Å². The van der Waals surface area contributed by atoms with Crippen LogP contribution in [-0.2, 0) is 12.8 Å². The molecule has 144 valence electrons. The predicted molar refractivity (Wildman–Crippen MR) is 113 cm³/mol. The van der Waals surface area contributed by atoms with Crippen LogP contribution in [0.2, 0.25) is 5.02 Å². The number of likely N-dealkylation sites (tertiary alicyclic amines) is 1. The van der Waals surface area contributed by atoms with Crippen molar-refractivity contribution in [1.82, 2.24) is 14.7 Å². The van der Waals surface area contributed by atoms with Gasteiger partial charge >= 0.3 is 0 Å². The Morgan fingerprint density at radius 3 is 2.50 bits per heavy atom. The van der Waals surface area contributed by atoms with Gasteiger partial charge in [-0.3, -0.25) is 4.90 Å². The summed E-state index contributed by atoms with van der Waals surface area (Å²) in [7, 11) is 1.71. The van der Waals surface area contributed by atoms with Crippen molar-refractivity contribution in [3.05, 3.63) is 64.8 Å². The first-order valence-electron chi connectivity index (χ1n) is 9.99. The minimum absolute atomic E-state index is 0.582. The third kappa shape index (κ3) is 3.01. The van der Waals surface area contributed by atoms with Crippen LogP contribution in [0, 0.1) is 0 Å². The van der Waals surface area contributed by atoms with E-state index in [4.69, 9.17) is 21.4 Å². The Labute approximate surface area is 170 Å². The second-order valence-electron chi connectivity index (χ2n) is 7.67. The van der Waals surface area contributed by atoms with Crippen molar-refractivity contribution >= 4 is 11.6 Å². The van der Waals surface area contributed by atoms with Gasteiger partial charge in [0.2, 0.25) is 0 Å². The molecule has 0 radical (unpaired) electrons. The van der Waals surface area contributed by atoms with Gasteiger partial charge in [-0.1, -0.05) is 35.9 Å². The maximum Gasteiger partial charge on any atom is 0.144 e. The molecule has 1 aliphatic heterocycles. The Kier molecular flexibility index (Phi) is 4.61. The van der Waals surface area contributed by atoms with Gasteiger partial charge in [0.25, 0.3) is 0 Å². The molecule has 0 bridgehead atoms. The Bertz CT molecular complexity index is 990. The highest BCUT2D eigenvalue weighted by atomic mass is 35.5. The number of para-hydroxylation sites is 2. The first-order chi connectivity index (χ1) is 13.7. The molecule has 3 aromatic rings. The van der Waals surface area contributed by atoms with E-state index >= 15 is 0 Å². The fourth-order valence-electron chi connectivity index (χ4n) is 4.65. The van der Waals surface area contributed by atoms with E-state index in [-0.39, 0.29) is 0 Å². The lowest BCUT2D eigenvalue weighted by atomic mass is 10.0. The van der Waals surface area contributed by atoms with Crippen LogP contribution in [0.5, 0.6) is 5.75 Å². The van der Waals surface area contributed by atoms with Gasteiger partial charge in [0.1, 0.15) is 11.4 Å². The molecule has 1 aromatic heterocycles. The zero-order valence-electron chi connectivity index (χ0n) is 16.1. The maximum atomic E-state index is 6.15. The number of nitrogens with zero attached hydrogens (tertiary/aromatic N) is 3. The zero-order valence-corrected chi connectivity index (χ0v) is 16.8. The summed E-state index contributed by atoms with van der Waals surface area (Å²) in [4.78, 5) is 2.64. The monoisotopic (exact) mass is 393 g/mol. The van der Waals surface area contributed by atoms with Crippen molar-refractivity contribution in [1.29, 1.82) is 0 Å². The molecule has 2 heterocycles. The maximum absolute atomic E-state index is 6.15. The second-order valence-corrected chi connectivity index (χ2v) is 8.11. The smallest absolute Gasteiger partial charge is 0.144 e. The van der Waals surface area contributed by atoms with Gasteiger partial charge in [-0.2, -0.15) is 5.10 Å². The molecule has 2 aromatic carbocycles. The number of hydrogen-bond donors (Lipinski definition) is 0. The zero-order chi connectivity index (χ0) is 19.1. The summed E-state index contributed by atoms with van der Waals surface area (Å²) in [5, 5.41) is 5.82. The number of methoxy groups -OCH3 is 1. The van der Waals surface area contributed by atoms with Crippen LogP contribution in [0.3, 0.4) is 0 Å². The van der Waals surface area contributed by atoms with E-state index in [1.807, 2.05) is 30.3 Å². The summed E-state index contributed by atoms with van der Waals surface area (Å²) in [6.07, 6.45) is 4.72. The molecule has 1 aliphatic carbocycles.